The summed E-state index contributed by atoms with van der Waals surface area (Å²) in [5.41, 5.74) is 1.06. The first-order chi connectivity index (χ1) is 10.2. The quantitative estimate of drug-likeness (QED) is 0.775. The zero-order chi connectivity index (χ0) is 15.1. The Morgan fingerprint density at radius 1 is 1.48 bits per heavy atom. The van der Waals surface area contributed by atoms with Crippen molar-refractivity contribution < 1.29 is 9.84 Å². The maximum absolute atomic E-state index is 10.0. The number of aryl methyl sites for hydroxylation is 1. The highest BCUT2D eigenvalue weighted by atomic mass is 32.1. The first-order valence-electron chi connectivity index (χ1n) is 8.10. The molecule has 1 heterocycles. The Morgan fingerprint density at radius 3 is 3.00 bits per heavy atom. The fourth-order valence-corrected chi connectivity index (χ4v) is 3.72. The monoisotopic (exact) mass is 312 g/mol. The number of aliphatic hydroxyl groups is 1. The summed E-state index contributed by atoms with van der Waals surface area (Å²) >= 11 is 1.65. The molecular weight excluding hydrogens is 284 g/mol. The molecule has 0 amide bonds. The van der Waals surface area contributed by atoms with Crippen LogP contribution in [-0.4, -0.2) is 35.5 Å². The first kappa shape index (κ1) is 16.9. The van der Waals surface area contributed by atoms with Crippen LogP contribution in [0.4, 0.5) is 0 Å². The van der Waals surface area contributed by atoms with Crippen LogP contribution in [0.5, 0.6) is 0 Å². The number of hydrogen-bond acceptors (Lipinski definition) is 5. The molecule has 1 aliphatic rings. The van der Waals surface area contributed by atoms with Crippen molar-refractivity contribution in [2.45, 2.75) is 64.7 Å². The van der Waals surface area contributed by atoms with Gasteiger partial charge in [-0.05, 0) is 25.7 Å². The van der Waals surface area contributed by atoms with E-state index in [4.69, 9.17) is 4.74 Å². The molecule has 21 heavy (non-hydrogen) atoms. The smallest absolute Gasteiger partial charge is 0.107 e. The number of rotatable bonds is 8. The Bertz CT molecular complexity index is 411. The fourth-order valence-electron chi connectivity index (χ4n) is 2.98. The molecular formula is C16H28N2O2S. The fraction of sp³-hybridized carbons (Fsp3) is 0.812. The number of hydrogen-bond donors (Lipinski definition) is 2. The minimum absolute atomic E-state index is 0.347. The molecule has 5 heteroatoms. The molecule has 2 rings (SSSR count). The highest BCUT2D eigenvalue weighted by Crippen LogP contribution is 2.29. The molecule has 2 N–H and O–H groups in total. The van der Waals surface area contributed by atoms with E-state index in [0.29, 0.717) is 25.2 Å². The lowest BCUT2D eigenvalue weighted by Gasteiger charge is -2.31. The van der Waals surface area contributed by atoms with Crippen LogP contribution in [0.2, 0.25) is 0 Å². The van der Waals surface area contributed by atoms with Gasteiger partial charge in [0.25, 0.3) is 0 Å². The van der Waals surface area contributed by atoms with E-state index in [0.717, 1.165) is 23.7 Å². The summed E-state index contributed by atoms with van der Waals surface area (Å²) in [6, 6.07) is 0. The summed E-state index contributed by atoms with van der Waals surface area (Å²) in [4.78, 5) is 4.39. The van der Waals surface area contributed by atoms with Crippen molar-refractivity contribution in [2.75, 3.05) is 13.2 Å². The van der Waals surface area contributed by atoms with E-state index in [1.165, 1.54) is 25.7 Å². The molecule has 1 saturated carbocycles. The van der Waals surface area contributed by atoms with E-state index < -0.39 is 6.10 Å². The van der Waals surface area contributed by atoms with Gasteiger partial charge < -0.3 is 15.2 Å². The number of aromatic nitrogens is 1. The second kappa shape index (κ2) is 8.83. The standard InChI is InChI=1S/C16H28N2O2S/c1-3-13-6-4-5-7-15(13)20-10-14(19)8-17-9-16-18-12(2)11-21-16/h11,13-15,17,19H,3-10H2,1-2H3. The first-order valence-corrected chi connectivity index (χ1v) is 8.98. The van der Waals surface area contributed by atoms with Gasteiger partial charge >= 0.3 is 0 Å². The van der Waals surface area contributed by atoms with Crippen LogP contribution in [0.25, 0.3) is 0 Å². The topological polar surface area (TPSA) is 54.4 Å². The van der Waals surface area contributed by atoms with Crippen LogP contribution in [-0.2, 0) is 11.3 Å². The van der Waals surface area contributed by atoms with Crippen molar-refractivity contribution >= 4 is 11.3 Å². The second-order valence-corrected chi connectivity index (χ2v) is 6.93. The van der Waals surface area contributed by atoms with Gasteiger partial charge in [-0.1, -0.05) is 26.2 Å². The van der Waals surface area contributed by atoms with E-state index in [9.17, 15) is 5.11 Å². The average Bonchev–Trinajstić information content (AvgIpc) is 2.91. The molecule has 3 atom stereocenters. The van der Waals surface area contributed by atoms with Gasteiger partial charge in [-0.25, -0.2) is 4.98 Å². The maximum Gasteiger partial charge on any atom is 0.107 e. The van der Waals surface area contributed by atoms with E-state index in [1.807, 2.05) is 12.3 Å². The summed E-state index contributed by atoms with van der Waals surface area (Å²) < 4.78 is 5.95. The van der Waals surface area contributed by atoms with Crippen LogP contribution in [0, 0.1) is 12.8 Å². The van der Waals surface area contributed by atoms with Crippen molar-refractivity contribution in [1.29, 1.82) is 0 Å². The van der Waals surface area contributed by atoms with Crippen molar-refractivity contribution in [3.05, 3.63) is 16.1 Å². The van der Waals surface area contributed by atoms with Crippen LogP contribution < -0.4 is 5.32 Å². The molecule has 1 aromatic rings. The molecule has 0 saturated heterocycles. The summed E-state index contributed by atoms with van der Waals surface area (Å²) in [6.45, 7) is 5.95. The van der Waals surface area contributed by atoms with Crippen molar-refractivity contribution in [2.24, 2.45) is 5.92 Å². The zero-order valence-electron chi connectivity index (χ0n) is 13.2. The number of aliphatic hydroxyl groups excluding tert-OH is 1. The van der Waals surface area contributed by atoms with Gasteiger partial charge in [0.15, 0.2) is 0 Å². The van der Waals surface area contributed by atoms with Gasteiger partial charge in [0.1, 0.15) is 5.01 Å². The third-order valence-electron chi connectivity index (χ3n) is 4.19. The molecule has 1 fully saturated rings. The molecule has 0 aliphatic heterocycles. The third kappa shape index (κ3) is 5.66. The number of thiazole rings is 1. The van der Waals surface area contributed by atoms with Crippen molar-refractivity contribution in [1.82, 2.24) is 10.3 Å². The normalized spacial score (nSPS) is 24.1. The van der Waals surface area contributed by atoms with E-state index >= 15 is 0 Å². The highest BCUT2D eigenvalue weighted by molar-refractivity contribution is 7.09. The van der Waals surface area contributed by atoms with Gasteiger partial charge in [0, 0.05) is 24.2 Å². The Balaban J connectivity index is 1.61. The summed E-state index contributed by atoms with van der Waals surface area (Å²) in [5, 5.41) is 16.4. The summed E-state index contributed by atoms with van der Waals surface area (Å²) in [7, 11) is 0. The second-order valence-electron chi connectivity index (χ2n) is 5.99. The zero-order valence-corrected chi connectivity index (χ0v) is 14.0. The van der Waals surface area contributed by atoms with Gasteiger partial charge in [-0.15, -0.1) is 11.3 Å². The predicted molar refractivity (Wildman–Crippen MR) is 86.6 cm³/mol. The van der Waals surface area contributed by atoms with Gasteiger partial charge in [0.05, 0.1) is 18.8 Å². The minimum Gasteiger partial charge on any atom is -0.389 e. The third-order valence-corrected chi connectivity index (χ3v) is 5.16. The molecule has 0 spiro atoms. The van der Waals surface area contributed by atoms with Gasteiger partial charge in [-0.3, -0.25) is 0 Å². The summed E-state index contributed by atoms with van der Waals surface area (Å²) in [6.07, 6.45) is 6.11. The van der Waals surface area contributed by atoms with E-state index in [1.54, 1.807) is 11.3 Å². The predicted octanol–water partition coefficient (Wildman–Crippen LogP) is 2.89. The molecule has 4 nitrogen and oxygen atoms in total. The molecule has 0 radical (unpaired) electrons. The lowest BCUT2D eigenvalue weighted by Crippen LogP contribution is -2.34. The van der Waals surface area contributed by atoms with Gasteiger partial charge in [-0.2, -0.15) is 0 Å². The number of ether oxygens (including phenoxy) is 1. The number of nitrogens with one attached hydrogen (secondary N) is 1. The summed E-state index contributed by atoms with van der Waals surface area (Å²) in [5.74, 6) is 0.678. The largest absolute Gasteiger partial charge is 0.389 e. The van der Waals surface area contributed by atoms with Crippen molar-refractivity contribution in [3.63, 3.8) is 0 Å². The number of nitrogens with zero attached hydrogens (tertiary/aromatic N) is 1. The van der Waals surface area contributed by atoms with Crippen molar-refractivity contribution in [3.8, 4) is 0 Å². The molecule has 1 aliphatic carbocycles. The van der Waals surface area contributed by atoms with Crippen LogP contribution in [0.15, 0.2) is 5.38 Å². The van der Waals surface area contributed by atoms with Gasteiger partial charge in [0.2, 0.25) is 0 Å². The Hall–Kier alpha value is -0.490. The SMILES string of the molecule is CCC1CCCCC1OCC(O)CNCc1nc(C)cs1. The minimum atomic E-state index is -0.439. The maximum atomic E-state index is 10.0. The lowest BCUT2D eigenvalue weighted by atomic mass is 9.85. The Kier molecular flexibility index (Phi) is 7.10. The van der Waals surface area contributed by atoms with Crippen LogP contribution in [0.1, 0.15) is 49.7 Å². The highest BCUT2D eigenvalue weighted by Gasteiger charge is 2.24. The Morgan fingerprint density at radius 2 is 2.29 bits per heavy atom. The average molecular weight is 312 g/mol. The lowest BCUT2D eigenvalue weighted by molar-refractivity contribution is -0.0499. The Labute approximate surface area is 131 Å². The van der Waals surface area contributed by atoms with Crippen LogP contribution in [0.3, 0.4) is 0 Å². The molecule has 1 aromatic heterocycles. The molecule has 120 valence electrons. The molecule has 0 bridgehead atoms. The van der Waals surface area contributed by atoms with Crippen LogP contribution >= 0.6 is 11.3 Å². The molecule has 3 unspecified atom stereocenters. The van der Waals surface area contributed by atoms with E-state index in [2.05, 4.69) is 17.2 Å². The molecule has 0 aromatic carbocycles. The van der Waals surface area contributed by atoms with E-state index in [-0.39, 0.29) is 0 Å².